The number of halogens is 1. The number of amides is 1. The molecule has 0 aliphatic carbocycles. The summed E-state index contributed by atoms with van der Waals surface area (Å²) in [5.74, 6) is -1.17. The smallest absolute Gasteiger partial charge is 0.301 e. The molecule has 0 bridgehead atoms. The zero-order chi connectivity index (χ0) is 24.4. The standard InChI is InChI=1S/C25H17ClN4O3S2/c26-18-8-6-16(7-9-18)20-19(21(31)17-10-12-27-13-11-17)22(32)23(33)30(20)24-28-29-25(35-24)34-14-15-4-2-1-3-5-15/h1-13,20,31H,14H2. The van der Waals surface area contributed by atoms with Gasteiger partial charge < -0.3 is 5.11 Å². The fourth-order valence-corrected chi connectivity index (χ4v) is 5.68. The molecule has 3 heterocycles. The van der Waals surface area contributed by atoms with Crippen LogP contribution in [0.2, 0.25) is 5.02 Å². The molecule has 7 nitrogen and oxygen atoms in total. The number of thioether (sulfide) groups is 1. The zero-order valence-corrected chi connectivity index (χ0v) is 20.4. The summed E-state index contributed by atoms with van der Waals surface area (Å²) in [5, 5.41) is 20.3. The van der Waals surface area contributed by atoms with Crippen LogP contribution in [0.1, 0.15) is 22.7 Å². The van der Waals surface area contributed by atoms with Gasteiger partial charge in [-0.1, -0.05) is 77.2 Å². The quantitative estimate of drug-likeness (QED) is 0.118. The fraction of sp³-hybridized carbons (Fsp3) is 0.0800. The van der Waals surface area contributed by atoms with Crippen LogP contribution in [0.15, 0.2) is 89.0 Å². The van der Waals surface area contributed by atoms with Crippen molar-refractivity contribution in [3.05, 3.63) is 106 Å². The van der Waals surface area contributed by atoms with E-state index in [2.05, 4.69) is 15.2 Å². The third-order valence-electron chi connectivity index (χ3n) is 5.39. The zero-order valence-electron chi connectivity index (χ0n) is 18.0. The van der Waals surface area contributed by atoms with E-state index in [1.807, 2.05) is 30.3 Å². The van der Waals surface area contributed by atoms with Crippen LogP contribution in [0.3, 0.4) is 0 Å². The average molecular weight is 521 g/mol. The molecule has 174 valence electrons. The summed E-state index contributed by atoms with van der Waals surface area (Å²) in [6.07, 6.45) is 3.01. The van der Waals surface area contributed by atoms with Crippen LogP contribution in [0.25, 0.3) is 5.76 Å². The van der Waals surface area contributed by atoms with Crippen molar-refractivity contribution in [2.75, 3.05) is 4.90 Å². The van der Waals surface area contributed by atoms with Gasteiger partial charge in [0.2, 0.25) is 5.13 Å². The SMILES string of the molecule is O=C1C(=O)N(c2nnc(SCc3ccccc3)s2)C(c2ccc(Cl)cc2)C1=C(O)c1ccncc1. The molecule has 1 unspecified atom stereocenters. The molecule has 0 radical (unpaired) electrons. The number of carbonyl (C=O) groups is 2. The van der Waals surface area contributed by atoms with Gasteiger partial charge in [0.1, 0.15) is 5.76 Å². The van der Waals surface area contributed by atoms with Gasteiger partial charge in [-0.05, 0) is 35.4 Å². The molecule has 5 rings (SSSR count). The molecule has 0 saturated carbocycles. The van der Waals surface area contributed by atoms with Crippen molar-refractivity contribution in [2.45, 2.75) is 16.1 Å². The van der Waals surface area contributed by atoms with Crippen LogP contribution in [-0.2, 0) is 15.3 Å². The van der Waals surface area contributed by atoms with Crippen LogP contribution >= 0.6 is 34.7 Å². The predicted molar refractivity (Wildman–Crippen MR) is 136 cm³/mol. The van der Waals surface area contributed by atoms with Crippen LogP contribution in [-0.4, -0.2) is 32.0 Å². The van der Waals surface area contributed by atoms with E-state index in [0.717, 1.165) is 5.56 Å². The number of Topliss-reactive ketones (excluding diaryl/α,β-unsaturated/α-hetero) is 1. The number of hydrogen-bond acceptors (Lipinski definition) is 8. The number of hydrogen-bond donors (Lipinski definition) is 1. The molecule has 2 aromatic heterocycles. The molecule has 0 spiro atoms. The van der Waals surface area contributed by atoms with Crippen LogP contribution in [0, 0.1) is 0 Å². The number of rotatable bonds is 6. The molecule has 4 aromatic rings. The van der Waals surface area contributed by atoms with Crippen molar-refractivity contribution in [3.63, 3.8) is 0 Å². The Morgan fingerprint density at radius 3 is 2.43 bits per heavy atom. The van der Waals surface area contributed by atoms with Gasteiger partial charge in [0.25, 0.3) is 5.78 Å². The Labute approximate surface area is 214 Å². The summed E-state index contributed by atoms with van der Waals surface area (Å²) in [5.41, 5.74) is 2.09. The highest BCUT2D eigenvalue weighted by molar-refractivity contribution is 8.00. The normalized spacial score (nSPS) is 17.2. The lowest BCUT2D eigenvalue weighted by Crippen LogP contribution is -2.29. The summed E-state index contributed by atoms with van der Waals surface area (Å²) in [6, 6.07) is 19.0. The molecule has 1 atom stereocenters. The molecule has 1 amide bonds. The van der Waals surface area contributed by atoms with Gasteiger partial charge in [-0.2, -0.15) is 0 Å². The lowest BCUT2D eigenvalue weighted by atomic mass is 9.96. The molecule has 1 aliphatic heterocycles. The summed E-state index contributed by atoms with van der Waals surface area (Å²) >= 11 is 8.79. The van der Waals surface area contributed by atoms with E-state index in [1.54, 1.807) is 36.4 Å². The van der Waals surface area contributed by atoms with Crippen molar-refractivity contribution in [1.29, 1.82) is 0 Å². The third kappa shape index (κ3) is 4.70. The van der Waals surface area contributed by atoms with Crippen molar-refractivity contribution >= 4 is 57.3 Å². The number of benzene rings is 2. The Balaban J connectivity index is 1.54. The lowest BCUT2D eigenvalue weighted by Gasteiger charge is -2.22. The van der Waals surface area contributed by atoms with E-state index in [0.29, 0.717) is 26.2 Å². The van der Waals surface area contributed by atoms with E-state index in [9.17, 15) is 14.7 Å². The third-order valence-corrected chi connectivity index (χ3v) is 7.77. The first kappa shape index (κ1) is 23.2. The second kappa shape index (κ2) is 9.99. The number of nitrogens with zero attached hydrogens (tertiary/aromatic N) is 4. The summed E-state index contributed by atoms with van der Waals surface area (Å²) < 4.78 is 0.662. The summed E-state index contributed by atoms with van der Waals surface area (Å²) in [6.45, 7) is 0. The van der Waals surface area contributed by atoms with Crippen molar-refractivity contribution in [1.82, 2.24) is 15.2 Å². The largest absolute Gasteiger partial charge is 0.507 e. The Hall–Kier alpha value is -3.53. The van der Waals surface area contributed by atoms with Crippen LogP contribution in [0.5, 0.6) is 0 Å². The maximum absolute atomic E-state index is 13.2. The second-order valence-electron chi connectivity index (χ2n) is 7.58. The number of aliphatic hydroxyl groups is 1. The highest BCUT2D eigenvalue weighted by Crippen LogP contribution is 2.44. The minimum Gasteiger partial charge on any atom is -0.507 e. The van der Waals surface area contributed by atoms with Gasteiger partial charge in [0, 0.05) is 28.7 Å². The number of anilines is 1. The van der Waals surface area contributed by atoms with Crippen molar-refractivity contribution in [2.24, 2.45) is 0 Å². The summed E-state index contributed by atoms with van der Waals surface area (Å²) in [4.78, 5) is 31.6. The summed E-state index contributed by atoms with van der Waals surface area (Å²) in [7, 11) is 0. The van der Waals surface area contributed by atoms with E-state index < -0.39 is 17.7 Å². The Kier molecular flexibility index (Phi) is 6.63. The maximum atomic E-state index is 13.2. The fourth-order valence-electron chi connectivity index (χ4n) is 3.73. The van der Waals surface area contributed by atoms with E-state index in [-0.39, 0.29) is 16.5 Å². The first-order chi connectivity index (χ1) is 17.0. The minimum atomic E-state index is -0.889. The molecular formula is C25H17ClN4O3S2. The van der Waals surface area contributed by atoms with Crippen LogP contribution < -0.4 is 4.90 Å². The van der Waals surface area contributed by atoms with Gasteiger partial charge in [-0.25, -0.2) is 0 Å². The first-order valence-electron chi connectivity index (χ1n) is 10.5. The average Bonchev–Trinajstić information content (AvgIpc) is 3.46. The van der Waals surface area contributed by atoms with Crippen LogP contribution in [0.4, 0.5) is 5.13 Å². The molecular weight excluding hydrogens is 504 g/mol. The molecule has 1 N–H and O–H groups in total. The maximum Gasteiger partial charge on any atom is 0.301 e. The minimum absolute atomic E-state index is 0.0304. The van der Waals surface area contributed by atoms with Crippen molar-refractivity contribution < 1.29 is 14.7 Å². The molecule has 1 aliphatic rings. The molecule has 10 heteroatoms. The number of ketones is 1. The number of pyridine rings is 1. The van der Waals surface area contributed by atoms with Gasteiger partial charge in [-0.3, -0.25) is 19.5 Å². The predicted octanol–water partition coefficient (Wildman–Crippen LogP) is 5.51. The molecule has 35 heavy (non-hydrogen) atoms. The molecule has 1 saturated heterocycles. The highest BCUT2D eigenvalue weighted by atomic mass is 35.5. The van der Waals surface area contributed by atoms with Gasteiger partial charge in [-0.15, -0.1) is 10.2 Å². The van der Waals surface area contributed by atoms with Crippen molar-refractivity contribution in [3.8, 4) is 0 Å². The highest BCUT2D eigenvalue weighted by Gasteiger charge is 2.48. The van der Waals surface area contributed by atoms with E-state index in [4.69, 9.17) is 11.6 Å². The number of aromatic nitrogens is 3. The second-order valence-corrected chi connectivity index (χ2v) is 10.2. The van der Waals surface area contributed by atoms with Gasteiger partial charge in [0.15, 0.2) is 4.34 Å². The Morgan fingerprint density at radius 1 is 1.00 bits per heavy atom. The van der Waals surface area contributed by atoms with Gasteiger partial charge in [0.05, 0.1) is 11.6 Å². The first-order valence-corrected chi connectivity index (χ1v) is 12.7. The van der Waals surface area contributed by atoms with E-state index >= 15 is 0 Å². The molecule has 2 aromatic carbocycles. The number of aliphatic hydroxyl groups excluding tert-OH is 1. The Morgan fingerprint density at radius 2 is 1.71 bits per heavy atom. The number of carbonyl (C=O) groups excluding carboxylic acids is 2. The topological polar surface area (TPSA) is 96.3 Å². The molecule has 1 fully saturated rings. The monoisotopic (exact) mass is 520 g/mol. The van der Waals surface area contributed by atoms with E-state index in [1.165, 1.54) is 40.4 Å². The Bertz CT molecular complexity index is 1410. The lowest BCUT2D eigenvalue weighted by molar-refractivity contribution is -0.132. The van der Waals surface area contributed by atoms with Gasteiger partial charge >= 0.3 is 5.91 Å².